The van der Waals surface area contributed by atoms with Crippen LogP contribution >= 0.6 is 0 Å². The van der Waals surface area contributed by atoms with E-state index < -0.39 is 0 Å². The Morgan fingerprint density at radius 3 is 2.68 bits per heavy atom. The van der Waals surface area contributed by atoms with Crippen molar-refractivity contribution in [2.45, 2.75) is 57.5 Å². The highest BCUT2D eigenvalue weighted by atomic mass is 16.5. The Morgan fingerprint density at radius 2 is 1.96 bits per heavy atom. The van der Waals surface area contributed by atoms with Crippen LogP contribution in [0, 0.1) is 5.41 Å². The van der Waals surface area contributed by atoms with E-state index in [2.05, 4.69) is 34.5 Å². The number of hydrogen-bond acceptors (Lipinski definition) is 3. The van der Waals surface area contributed by atoms with Gasteiger partial charge in [-0.25, -0.2) is 0 Å². The van der Waals surface area contributed by atoms with E-state index >= 15 is 0 Å². The zero-order valence-corrected chi connectivity index (χ0v) is 15.5. The molecular formula is C21H32N2O2. The van der Waals surface area contributed by atoms with E-state index in [0.29, 0.717) is 0 Å². The fourth-order valence-corrected chi connectivity index (χ4v) is 4.49. The highest BCUT2D eigenvalue weighted by Gasteiger charge is 2.36. The van der Waals surface area contributed by atoms with Crippen LogP contribution in [0.25, 0.3) is 0 Å². The summed E-state index contributed by atoms with van der Waals surface area (Å²) in [5.74, 6) is 0.206. The molecular weight excluding hydrogens is 312 g/mol. The minimum absolute atomic E-state index is 0.00922. The predicted molar refractivity (Wildman–Crippen MR) is 100 cm³/mol. The molecule has 1 atom stereocenters. The smallest absolute Gasteiger partial charge is 0.237 e. The summed E-state index contributed by atoms with van der Waals surface area (Å²) in [6.45, 7) is 3.39. The number of nitrogens with one attached hydrogen (secondary N) is 1. The first-order valence-electron chi connectivity index (χ1n) is 9.77. The summed E-state index contributed by atoms with van der Waals surface area (Å²) in [4.78, 5) is 15.3. The molecule has 1 N–H and O–H groups in total. The quantitative estimate of drug-likeness (QED) is 0.825. The average Bonchev–Trinajstić information content (AvgIpc) is 3.10. The molecule has 1 amide bonds. The van der Waals surface area contributed by atoms with Gasteiger partial charge in [0.15, 0.2) is 0 Å². The number of carbonyl (C=O) groups is 1. The van der Waals surface area contributed by atoms with Crippen molar-refractivity contribution in [2.24, 2.45) is 5.41 Å². The lowest BCUT2D eigenvalue weighted by Gasteiger charge is -2.36. The van der Waals surface area contributed by atoms with Gasteiger partial charge in [-0.15, -0.1) is 0 Å². The number of rotatable bonds is 7. The van der Waals surface area contributed by atoms with E-state index in [1.165, 1.54) is 37.7 Å². The van der Waals surface area contributed by atoms with Crippen LogP contribution in [0.3, 0.4) is 0 Å². The Balaban J connectivity index is 1.58. The van der Waals surface area contributed by atoms with Gasteiger partial charge in [-0.2, -0.15) is 0 Å². The number of carbonyl (C=O) groups excluding carboxylic acids is 1. The largest absolute Gasteiger partial charge is 0.384 e. The summed E-state index contributed by atoms with van der Waals surface area (Å²) in [7, 11) is 1.77. The first kappa shape index (κ1) is 18.4. The summed E-state index contributed by atoms with van der Waals surface area (Å²) >= 11 is 0. The first-order chi connectivity index (χ1) is 12.2. The molecule has 0 aromatic heterocycles. The highest BCUT2D eigenvalue weighted by molar-refractivity contribution is 5.81. The minimum Gasteiger partial charge on any atom is -0.384 e. The lowest BCUT2D eigenvalue weighted by atomic mass is 9.87. The van der Waals surface area contributed by atoms with E-state index in [1.54, 1.807) is 7.11 Å². The molecule has 25 heavy (non-hydrogen) atoms. The molecule has 1 aliphatic heterocycles. The van der Waals surface area contributed by atoms with Gasteiger partial charge < -0.3 is 10.1 Å². The SMILES string of the molecule is COCC1(CNC(=O)C2CCCCN2Cc2ccccc2)CCCC1. The van der Waals surface area contributed by atoms with Crippen LogP contribution < -0.4 is 5.32 Å². The second kappa shape index (κ2) is 8.81. The number of piperidine rings is 1. The second-order valence-electron chi connectivity index (χ2n) is 7.83. The maximum atomic E-state index is 12.9. The van der Waals surface area contributed by atoms with Crippen molar-refractivity contribution in [1.82, 2.24) is 10.2 Å². The number of benzene rings is 1. The molecule has 3 rings (SSSR count). The van der Waals surface area contributed by atoms with Gasteiger partial charge in [-0.3, -0.25) is 9.69 Å². The second-order valence-corrected chi connectivity index (χ2v) is 7.83. The Labute approximate surface area is 151 Å². The van der Waals surface area contributed by atoms with E-state index in [1.807, 2.05) is 6.07 Å². The Morgan fingerprint density at radius 1 is 1.20 bits per heavy atom. The number of nitrogens with zero attached hydrogens (tertiary/aromatic N) is 1. The fourth-order valence-electron chi connectivity index (χ4n) is 4.49. The van der Waals surface area contributed by atoms with Gasteiger partial charge in [0, 0.05) is 25.6 Å². The minimum atomic E-state index is 0.00922. The molecule has 1 aromatic rings. The molecule has 0 bridgehead atoms. The van der Waals surface area contributed by atoms with Crippen LogP contribution in [-0.2, 0) is 16.1 Å². The van der Waals surface area contributed by atoms with Crippen molar-refractivity contribution in [2.75, 3.05) is 26.8 Å². The van der Waals surface area contributed by atoms with Gasteiger partial charge >= 0.3 is 0 Å². The number of amides is 1. The van der Waals surface area contributed by atoms with Crippen molar-refractivity contribution < 1.29 is 9.53 Å². The molecule has 0 radical (unpaired) electrons. The molecule has 2 fully saturated rings. The fraction of sp³-hybridized carbons (Fsp3) is 0.667. The van der Waals surface area contributed by atoms with Crippen molar-refractivity contribution in [1.29, 1.82) is 0 Å². The lowest BCUT2D eigenvalue weighted by molar-refractivity contribution is -0.128. The Hall–Kier alpha value is -1.39. The third-order valence-electron chi connectivity index (χ3n) is 5.90. The molecule has 138 valence electrons. The molecule has 1 heterocycles. The van der Waals surface area contributed by atoms with E-state index in [9.17, 15) is 4.79 Å². The molecule has 1 unspecified atom stereocenters. The third-order valence-corrected chi connectivity index (χ3v) is 5.90. The number of methoxy groups -OCH3 is 1. The molecule has 0 spiro atoms. The van der Waals surface area contributed by atoms with Gasteiger partial charge in [0.25, 0.3) is 0 Å². The summed E-state index contributed by atoms with van der Waals surface area (Å²) in [5.41, 5.74) is 1.44. The van der Waals surface area contributed by atoms with E-state index in [0.717, 1.165) is 39.1 Å². The monoisotopic (exact) mass is 344 g/mol. The number of ether oxygens (including phenoxy) is 1. The standard InChI is InChI=1S/C21H32N2O2/c1-25-17-21(12-6-7-13-21)16-22-20(24)19-11-5-8-14-23(19)15-18-9-3-2-4-10-18/h2-4,9-10,19H,5-8,11-17H2,1H3,(H,22,24). The van der Waals surface area contributed by atoms with Crippen molar-refractivity contribution >= 4 is 5.91 Å². The maximum absolute atomic E-state index is 12.9. The van der Waals surface area contributed by atoms with Crippen molar-refractivity contribution in [3.63, 3.8) is 0 Å². The van der Waals surface area contributed by atoms with Gasteiger partial charge in [0.05, 0.1) is 12.6 Å². The maximum Gasteiger partial charge on any atom is 0.237 e. The molecule has 1 aromatic carbocycles. The molecule has 2 aliphatic rings. The normalized spacial score (nSPS) is 23.5. The average molecular weight is 344 g/mol. The van der Waals surface area contributed by atoms with Gasteiger partial charge in [-0.1, -0.05) is 49.6 Å². The van der Waals surface area contributed by atoms with Crippen LogP contribution in [0.1, 0.15) is 50.5 Å². The zero-order chi connectivity index (χ0) is 17.5. The topological polar surface area (TPSA) is 41.6 Å². The Bertz CT molecular complexity index is 540. The van der Waals surface area contributed by atoms with E-state index in [-0.39, 0.29) is 17.4 Å². The highest BCUT2D eigenvalue weighted by Crippen LogP contribution is 2.37. The summed E-state index contributed by atoms with van der Waals surface area (Å²) in [5, 5.41) is 3.28. The third kappa shape index (κ3) is 4.83. The van der Waals surface area contributed by atoms with Crippen molar-refractivity contribution in [3.05, 3.63) is 35.9 Å². The van der Waals surface area contributed by atoms with Gasteiger partial charge in [0.2, 0.25) is 5.91 Å². The number of hydrogen-bond donors (Lipinski definition) is 1. The summed E-state index contributed by atoms with van der Waals surface area (Å²) in [6, 6.07) is 10.5. The van der Waals surface area contributed by atoms with Gasteiger partial charge in [-0.05, 0) is 37.8 Å². The zero-order valence-electron chi connectivity index (χ0n) is 15.5. The van der Waals surface area contributed by atoms with Crippen LogP contribution in [0.15, 0.2) is 30.3 Å². The van der Waals surface area contributed by atoms with Crippen LogP contribution in [-0.4, -0.2) is 43.7 Å². The summed E-state index contributed by atoms with van der Waals surface area (Å²) in [6.07, 6.45) is 8.14. The van der Waals surface area contributed by atoms with Gasteiger partial charge in [0.1, 0.15) is 0 Å². The predicted octanol–water partition coefficient (Wildman–Crippen LogP) is 3.36. The summed E-state index contributed by atoms with van der Waals surface area (Å²) < 4.78 is 5.45. The van der Waals surface area contributed by atoms with Crippen LogP contribution in [0.5, 0.6) is 0 Å². The van der Waals surface area contributed by atoms with Crippen LogP contribution in [0.2, 0.25) is 0 Å². The number of likely N-dealkylation sites (tertiary alicyclic amines) is 1. The molecule has 1 saturated carbocycles. The first-order valence-corrected chi connectivity index (χ1v) is 9.77. The lowest BCUT2D eigenvalue weighted by Crippen LogP contribution is -2.51. The van der Waals surface area contributed by atoms with Crippen LogP contribution in [0.4, 0.5) is 0 Å². The molecule has 1 aliphatic carbocycles. The molecule has 4 heteroatoms. The molecule has 1 saturated heterocycles. The molecule has 4 nitrogen and oxygen atoms in total. The van der Waals surface area contributed by atoms with Crippen molar-refractivity contribution in [3.8, 4) is 0 Å². The van der Waals surface area contributed by atoms with E-state index in [4.69, 9.17) is 4.74 Å². The Kier molecular flexibility index (Phi) is 6.49.